The average molecular weight is 596 g/mol. The molecule has 2 saturated carbocycles. The van der Waals surface area contributed by atoms with Gasteiger partial charge in [0.1, 0.15) is 0 Å². The van der Waals surface area contributed by atoms with Gasteiger partial charge in [-0.25, -0.2) is 8.42 Å². The summed E-state index contributed by atoms with van der Waals surface area (Å²) in [4.78, 5) is 40.5. The summed E-state index contributed by atoms with van der Waals surface area (Å²) < 4.78 is 24.9. The van der Waals surface area contributed by atoms with Crippen LogP contribution in [0.1, 0.15) is 67.8 Å². The predicted octanol–water partition coefficient (Wildman–Crippen LogP) is 3.25. The van der Waals surface area contributed by atoms with Gasteiger partial charge in [0.05, 0.1) is 17.0 Å². The van der Waals surface area contributed by atoms with Crippen molar-refractivity contribution in [3.8, 4) is 0 Å². The van der Waals surface area contributed by atoms with Crippen LogP contribution in [-0.2, 0) is 25.8 Å². The molecule has 0 spiro atoms. The minimum Gasteiger partial charge on any atom is -0.391 e. The zero-order valence-corrected chi connectivity index (χ0v) is 25.1. The Morgan fingerprint density at radius 3 is 2.48 bits per heavy atom. The third-order valence-corrected chi connectivity index (χ3v) is 10.2. The molecule has 3 amide bonds. The van der Waals surface area contributed by atoms with Crippen molar-refractivity contribution < 1.29 is 27.9 Å². The molecule has 1 saturated heterocycles. The fourth-order valence-corrected chi connectivity index (χ4v) is 7.46. The zero-order valence-electron chi connectivity index (χ0n) is 24.3. The second-order valence-electron chi connectivity index (χ2n) is 12.4. The van der Waals surface area contributed by atoms with E-state index >= 15 is 0 Å². The molecule has 3 N–H and O–H groups in total. The van der Waals surface area contributed by atoms with Crippen molar-refractivity contribution in [2.45, 2.75) is 81.4 Å². The van der Waals surface area contributed by atoms with Crippen molar-refractivity contribution in [2.75, 3.05) is 17.7 Å². The van der Waals surface area contributed by atoms with Gasteiger partial charge in [0.25, 0.3) is 5.91 Å². The smallest absolute Gasteiger partial charge is 0.251 e. The van der Waals surface area contributed by atoms with E-state index in [4.69, 9.17) is 0 Å². The molecular weight excluding hydrogens is 554 g/mol. The summed E-state index contributed by atoms with van der Waals surface area (Å²) in [7, 11) is -3.67. The Bertz CT molecular complexity index is 1430. The molecule has 0 radical (unpaired) electrons. The van der Waals surface area contributed by atoms with E-state index in [-0.39, 0.29) is 34.7 Å². The van der Waals surface area contributed by atoms with Gasteiger partial charge < -0.3 is 20.6 Å². The minimum absolute atomic E-state index is 0.0593. The van der Waals surface area contributed by atoms with E-state index in [0.29, 0.717) is 43.3 Å². The van der Waals surface area contributed by atoms with Crippen molar-refractivity contribution in [1.82, 2.24) is 10.6 Å². The second kappa shape index (κ2) is 12.6. The van der Waals surface area contributed by atoms with Gasteiger partial charge in [0.2, 0.25) is 11.8 Å². The lowest BCUT2D eigenvalue weighted by Gasteiger charge is -2.28. The molecular formula is C32H41N3O6S. The molecule has 9 nitrogen and oxygen atoms in total. The lowest BCUT2D eigenvalue weighted by atomic mass is 9.92. The maximum Gasteiger partial charge on any atom is 0.251 e. The summed E-state index contributed by atoms with van der Waals surface area (Å²) in [5, 5.41) is 17.5. The molecule has 2 aliphatic carbocycles. The van der Waals surface area contributed by atoms with Gasteiger partial charge in [-0.2, -0.15) is 0 Å². The van der Waals surface area contributed by atoms with Crippen LogP contribution in [0.25, 0.3) is 0 Å². The average Bonchev–Trinajstić information content (AvgIpc) is 3.70. The number of fused-ring (bicyclic) bond motifs is 2. The third kappa shape index (κ3) is 7.03. The molecule has 3 unspecified atom stereocenters. The normalized spacial score (nSPS) is 23.9. The van der Waals surface area contributed by atoms with Crippen LogP contribution in [0.4, 0.5) is 5.69 Å². The van der Waals surface area contributed by atoms with E-state index in [9.17, 15) is 27.9 Å². The lowest BCUT2D eigenvalue weighted by Crippen LogP contribution is -2.47. The summed E-state index contributed by atoms with van der Waals surface area (Å²) >= 11 is 0. The quantitative estimate of drug-likeness (QED) is 0.365. The van der Waals surface area contributed by atoms with Crippen molar-refractivity contribution in [2.24, 2.45) is 17.8 Å². The Morgan fingerprint density at radius 1 is 1.10 bits per heavy atom. The molecule has 2 bridgehead atoms. The Hall–Kier alpha value is -3.24. The fraction of sp³-hybridized carbons (Fsp3) is 0.531. The summed E-state index contributed by atoms with van der Waals surface area (Å²) in [5.74, 6) is 0.0175. The summed E-state index contributed by atoms with van der Waals surface area (Å²) in [6.07, 6.45) is 6.13. The first-order chi connectivity index (χ1) is 20.0. The SMILES string of the molecule is C[C@H](C[C@@H](O)[C@H](Cc1ccccc1)NC(=O)c1cc(N2CCCC2=O)cc(S(C)(=O)=O)c1)C(=O)NC1CC2CCC1C2. The van der Waals surface area contributed by atoms with Crippen LogP contribution in [0.15, 0.2) is 53.4 Å². The number of nitrogens with one attached hydrogen (secondary N) is 2. The monoisotopic (exact) mass is 595 g/mol. The van der Waals surface area contributed by atoms with E-state index in [1.807, 2.05) is 30.3 Å². The molecule has 1 heterocycles. The standard InChI is InChI=1S/C32H41N3O6S/c1-20(31(38)33-27-16-22-10-11-23(27)14-22)13-29(36)28(15-21-7-4-3-5-8-21)34-32(39)24-17-25(35-12-6-9-30(35)37)19-26(18-24)42(2,40)41/h3-5,7-8,17-20,22-23,27-29,36H,6,9-16H2,1-2H3,(H,33,38)(H,34,39)/t20-,22?,23?,27?,28+,29-/m1/s1. The summed E-state index contributed by atoms with van der Waals surface area (Å²) in [6, 6.07) is 13.1. The Morgan fingerprint density at radius 2 is 1.86 bits per heavy atom. The first-order valence-electron chi connectivity index (χ1n) is 15.0. The molecule has 3 fully saturated rings. The number of aliphatic hydroxyl groups excluding tert-OH is 1. The van der Waals surface area contributed by atoms with E-state index in [2.05, 4.69) is 10.6 Å². The number of nitrogens with zero attached hydrogens (tertiary/aromatic N) is 1. The van der Waals surface area contributed by atoms with Crippen LogP contribution in [0.2, 0.25) is 0 Å². The number of carbonyl (C=O) groups excluding carboxylic acids is 3. The molecule has 2 aromatic rings. The van der Waals surface area contributed by atoms with Crippen LogP contribution in [0, 0.1) is 17.8 Å². The molecule has 6 atom stereocenters. The predicted molar refractivity (Wildman–Crippen MR) is 160 cm³/mol. The molecule has 1 aliphatic heterocycles. The van der Waals surface area contributed by atoms with Gasteiger partial charge in [0, 0.05) is 42.4 Å². The first kappa shape index (κ1) is 30.2. The van der Waals surface area contributed by atoms with Gasteiger partial charge in [-0.05, 0) is 74.1 Å². The van der Waals surface area contributed by atoms with Crippen LogP contribution >= 0.6 is 0 Å². The van der Waals surface area contributed by atoms with Gasteiger partial charge in [-0.3, -0.25) is 14.4 Å². The van der Waals surface area contributed by atoms with Crippen LogP contribution in [-0.4, -0.2) is 62.2 Å². The van der Waals surface area contributed by atoms with Crippen molar-refractivity contribution in [1.29, 1.82) is 0 Å². The van der Waals surface area contributed by atoms with Crippen LogP contribution in [0.5, 0.6) is 0 Å². The Labute approximate surface area is 248 Å². The number of carbonyl (C=O) groups is 3. The first-order valence-corrected chi connectivity index (χ1v) is 16.9. The topological polar surface area (TPSA) is 133 Å². The highest BCUT2D eigenvalue weighted by Crippen LogP contribution is 2.44. The van der Waals surface area contributed by atoms with Gasteiger partial charge in [-0.1, -0.05) is 43.7 Å². The highest BCUT2D eigenvalue weighted by Gasteiger charge is 2.40. The van der Waals surface area contributed by atoms with Crippen LogP contribution < -0.4 is 15.5 Å². The van der Waals surface area contributed by atoms with Crippen molar-refractivity contribution >= 4 is 33.2 Å². The minimum atomic E-state index is -3.67. The van der Waals surface area contributed by atoms with Crippen molar-refractivity contribution in [3.05, 3.63) is 59.7 Å². The molecule has 10 heteroatoms. The van der Waals surface area contributed by atoms with E-state index < -0.39 is 33.8 Å². The zero-order chi connectivity index (χ0) is 30.0. The summed E-state index contributed by atoms with van der Waals surface area (Å²) in [6.45, 7) is 2.24. The van der Waals surface area contributed by atoms with E-state index in [1.54, 1.807) is 6.92 Å². The highest BCUT2D eigenvalue weighted by molar-refractivity contribution is 7.90. The Balaban J connectivity index is 1.33. The Kier molecular flexibility index (Phi) is 9.03. The number of anilines is 1. The highest BCUT2D eigenvalue weighted by atomic mass is 32.2. The molecule has 0 aromatic heterocycles. The lowest BCUT2D eigenvalue weighted by molar-refractivity contribution is -0.126. The maximum atomic E-state index is 13.6. The second-order valence-corrected chi connectivity index (χ2v) is 14.4. The molecule has 5 rings (SSSR count). The number of hydrogen-bond donors (Lipinski definition) is 3. The van der Waals surface area contributed by atoms with E-state index in [1.165, 1.54) is 35.9 Å². The molecule has 2 aromatic carbocycles. The van der Waals surface area contributed by atoms with Gasteiger partial charge in [-0.15, -0.1) is 0 Å². The molecule has 42 heavy (non-hydrogen) atoms. The number of benzene rings is 2. The van der Waals surface area contributed by atoms with E-state index in [0.717, 1.165) is 24.7 Å². The molecule has 226 valence electrons. The number of sulfone groups is 1. The third-order valence-electron chi connectivity index (χ3n) is 9.15. The van der Waals surface area contributed by atoms with Gasteiger partial charge in [0.15, 0.2) is 9.84 Å². The number of hydrogen-bond acceptors (Lipinski definition) is 6. The number of amides is 3. The van der Waals surface area contributed by atoms with Crippen molar-refractivity contribution in [3.63, 3.8) is 0 Å². The van der Waals surface area contributed by atoms with Gasteiger partial charge >= 0.3 is 0 Å². The maximum absolute atomic E-state index is 13.6. The van der Waals surface area contributed by atoms with Crippen LogP contribution in [0.3, 0.4) is 0 Å². The largest absolute Gasteiger partial charge is 0.391 e. The number of aliphatic hydroxyl groups is 1. The molecule has 3 aliphatic rings. The number of rotatable bonds is 11. The summed E-state index contributed by atoms with van der Waals surface area (Å²) in [5.41, 5.74) is 1.34. The fourth-order valence-electron chi connectivity index (χ4n) is 6.79.